The number of ether oxygens (including phenoxy) is 1. The number of nitrogen functional groups attached to an aromatic ring is 1. The predicted octanol–water partition coefficient (Wildman–Crippen LogP) is 3.77. The van der Waals surface area contributed by atoms with Crippen LogP contribution in [0.2, 0.25) is 0 Å². The molecule has 0 unspecified atom stereocenters. The van der Waals surface area contributed by atoms with Crippen LogP contribution in [-0.4, -0.2) is 17.6 Å². The summed E-state index contributed by atoms with van der Waals surface area (Å²) in [6.45, 7) is 6.31. The normalized spacial score (nSPS) is 10.7. The molecule has 6 heteroatoms. The van der Waals surface area contributed by atoms with E-state index in [9.17, 15) is 4.79 Å². The highest BCUT2D eigenvalue weighted by Gasteiger charge is 2.11. The lowest BCUT2D eigenvalue weighted by molar-refractivity contribution is 0.0526. The molecule has 21 heavy (non-hydrogen) atoms. The van der Waals surface area contributed by atoms with Gasteiger partial charge >= 0.3 is 5.97 Å². The average molecular weight is 305 g/mol. The van der Waals surface area contributed by atoms with E-state index in [-0.39, 0.29) is 5.97 Å². The maximum Gasteiger partial charge on any atom is 0.338 e. The number of aromatic nitrogens is 1. The molecule has 1 heterocycles. The zero-order chi connectivity index (χ0) is 15.4. The van der Waals surface area contributed by atoms with Gasteiger partial charge in [0.25, 0.3) is 0 Å². The summed E-state index contributed by atoms with van der Waals surface area (Å²) in [5.41, 5.74) is 8.69. The molecule has 112 valence electrons. The first-order chi connectivity index (χ1) is 10.0. The Hall–Kier alpha value is -2.08. The first-order valence-corrected chi connectivity index (χ1v) is 7.68. The number of esters is 1. The summed E-state index contributed by atoms with van der Waals surface area (Å²) in [6.07, 6.45) is 0. The van der Waals surface area contributed by atoms with Gasteiger partial charge in [-0.2, -0.15) is 0 Å². The Labute approximate surface area is 128 Å². The van der Waals surface area contributed by atoms with E-state index in [2.05, 4.69) is 24.1 Å². The van der Waals surface area contributed by atoms with Gasteiger partial charge in [-0.05, 0) is 31.0 Å². The number of nitrogens with two attached hydrogens (primary N) is 1. The predicted molar refractivity (Wildman–Crippen MR) is 86.3 cm³/mol. The Kier molecular flexibility index (Phi) is 4.80. The molecule has 0 amide bonds. The van der Waals surface area contributed by atoms with Crippen LogP contribution < -0.4 is 11.1 Å². The molecule has 0 spiro atoms. The van der Waals surface area contributed by atoms with Gasteiger partial charge in [0, 0.05) is 5.38 Å². The molecule has 0 aliphatic rings. The van der Waals surface area contributed by atoms with Crippen LogP contribution >= 0.6 is 11.3 Å². The zero-order valence-electron chi connectivity index (χ0n) is 12.3. The summed E-state index contributed by atoms with van der Waals surface area (Å²) >= 11 is 1.53. The van der Waals surface area contributed by atoms with Gasteiger partial charge in [0.15, 0.2) is 5.13 Å². The molecule has 0 radical (unpaired) electrons. The minimum absolute atomic E-state index is 0.343. The quantitative estimate of drug-likeness (QED) is 0.649. The SMILES string of the molecule is CCOC(=O)c1ccc(Nc2nc(C(C)C)cs2)c(N)c1. The molecule has 0 aliphatic heterocycles. The van der Waals surface area contributed by atoms with Gasteiger partial charge in [-0.25, -0.2) is 9.78 Å². The second-order valence-corrected chi connectivity index (χ2v) is 5.74. The molecule has 0 atom stereocenters. The maximum absolute atomic E-state index is 11.6. The number of nitrogens with zero attached hydrogens (tertiary/aromatic N) is 1. The maximum atomic E-state index is 11.6. The molecule has 2 rings (SSSR count). The summed E-state index contributed by atoms with van der Waals surface area (Å²) < 4.78 is 4.95. The van der Waals surface area contributed by atoms with Crippen molar-refractivity contribution >= 4 is 33.8 Å². The fraction of sp³-hybridized carbons (Fsp3) is 0.333. The average Bonchev–Trinajstić information content (AvgIpc) is 2.90. The van der Waals surface area contributed by atoms with Crippen molar-refractivity contribution in [2.75, 3.05) is 17.7 Å². The number of carbonyl (C=O) groups excluding carboxylic acids is 1. The minimum Gasteiger partial charge on any atom is -0.462 e. The van der Waals surface area contributed by atoms with Crippen LogP contribution in [0.25, 0.3) is 0 Å². The smallest absolute Gasteiger partial charge is 0.338 e. The molecular formula is C15H19N3O2S. The lowest BCUT2D eigenvalue weighted by Crippen LogP contribution is -2.06. The number of thiazole rings is 1. The Morgan fingerprint density at radius 2 is 2.24 bits per heavy atom. The van der Waals surface area contributed by atoms with Crippen molar-refractivity contribution in [1.82, 2.24) is 4.98 Å². The number of nitrogens with one attached hydrogen (secondary N) is 1. The Morgan fingerprint density at radius 1 is 1.48 bits per heavy atom. The molecule has 0 saturated carbocycles. The zero-order valence-corrected chi connectivity index (χ0v) is 13.2. The fourth-order valence-electron chi connectivity index (χ4n) is 1.74. The Balaban J connectivity index is 2.15. The summed E-state index contributed by atoms with van der Waals surface area (Å²) in [5.74, 6) is 0.0208. The molecule has 1 aromatic carbocycles. The standard InChI is InChI=1S/C15H19N3O2S/c1-4-20-14(19)10-5-6-12(11(16)7-10)17-15-18-13(8-21-15)9(2)3/h5-9H,4,16H2,1-3H3,(H,17,18). The van der Waals surface area contributed by atoms with E-state index in [1.165, 1.54) is 11.3 Å². The minimum atomic E-state index is -0.368. The van der Waals surface area contributed by atoms with E-state index in [0.717, 1.165) is 16.5 Å². The third-order valence-electron chi connectivity index (χ3n) is 2.92. The van der Waals surface area contributed by atoms with Gasteiger partial charge < -0.3 is 15.8 Å². The van der Waals surface area contributed by atoms with E-state index in [1.54, 1.807) is 25.1 Å². The summed E-state index contributed by atoms with van der Waals surface area (Å²) in [4.78, 5) is 16.1. The van der Waals surface area contributed by atoms with Crippen molar-refractivity contribution in [2.45, 2.75) is 26.7 Å². The summed E-state index contributed by atoms with van der Waals surface area (Å²) in [7, 11) is 0. The van der Waals surface area contributed by atoms with E-state index in [0.29, 0.717) is 23.8 Å². The van der Waals surface area contributed by atoms with E-state index >= 15 is 0 Å². The van der Waals surface area contributed by atoms with Gasteiger partial charge in [0.1, 0.15) is 0 Å². The first-order valence-electron chi connectivity index (χ1n) is 6.80. The third-order valence-corrected chi connectivity index (χ3v) is 3.69. The molecular weight excluding hydrogens is 286 g/mol. The van der Waals surface area contributed by atoms with Crippen molar-refractivity contribution in [3.63, 3.8) is 0 Å². The molecule has 2 aromatic rings. The van der Waals surface area contributed by atoms with Gasteiger partial charge in [-0.1, -0.05) is 13.8 Å². The monoisotopic (exact) mass is 305 g/mol. The lowest BCUT2D eigenvalue weighted by Gasteiger charge is -2.08. The van der Waals surface area contributed by atoms with Crippen LogP contribution in [0.3, 0.4) is 0 Å². The molecule has 3 N–H and O–H groups in total. The molecule has 0 aliphatic carbocycles. The fourth-order valence-corrected chi connectivity index (χ4v) is 2.63. The van der Waals surface area contributed by atoms with E-state index < -0.39 is 0 Å². The number of hydrogen-bond acceptors (Lipinski definition) is 6. The Bertz CT molecular complexity index is 638. The molecule has 1 aromatic heterocycles. The third kappa shape index (κ3) is 3.72. The van der Waals surface area contributed by atoms with E-state index in [1.807, 2.05) is 5.38 Å². The largest absolute Gasteiger partial charge is 0.462 e. The number of carbonyl (C=O) groups is 1. The highest BCUT2D eigenvalue weighted by Crippen LogP contribution is 2.28. The van der Waals surface area contributed by atoms with Gasteiger partial charge in [-0.3, -0.25) is 0 Å². The molecule has 0 fully saturated rings. The van der Waals surface area contributed by atoms with Crippen LogP contribution in [0.15, 0.2) is 23.6 Å². The van der Waals surface area contributed by atoms with Crippen molar-refractivity contribution in [3.05, 3.63) is 34.8 Å². The second kappa shape index (κ2) is 6.58. The molecule has 0 bridgehead atoms. The van der Waals surface area contributed by atoms with Gasteiger partial charge in [0.2, 0.25) is 0 Å². The molecule has 0 saturated heterocycles. The second-order valence-electron chi connectivity index (χ2n) is 4.88. The van der Waals surface area contributed by atoms with Gasteiger partial charge in [0.05, 0.1) is 29.2 Å². The summed E-state index contributed by atoms with van der Waals surface area (Å²) in [5, 5.41) is 5.99. The van der Waals surface area contributed by atoms with Crippen molar-refractivity contribution in [1.29, 1.82) is 0 Å². The highest BCUT2D eigenvalue weighted by atomic mass is 32.1. The number of hydrogen-bond donors (Lipinski definition) is 2. The van der Waals surface area contributed by atoms with Crippen molar-refractivity contribution < 1.29 is 9.53 Å². The van der Waals surface area contributed by atoms with E-state index in [4.69, 9.17) is 10.5 Å². The van der Waals surface area contributed by atoms with Crippen LogP contribution in [0.1, 0.15) is 42.7 Å². The van der Waals surface area contributed by atoms with Crippen molar-refractivity contribution in [3.8, 4) is 0 Å². The van der Waals surface area contributed by atoms with Crippen LogP contribution in [0.5, 0.6) is 0 Å². The highest BCUT2D eigenvalue weighted by molar-refractivity contribution is 7.13. The van der Waals surface area contributed by atoms with Crippen molar-refractivity contribution in [2.24, 2.45) is 0 Å². The molecule has 5 nitrogen and oxygen atoms in total. The topological polar surface area (TPSA) is 77.2 Å². The number of rotatable bonds is 5. The number of anilines is 3. The first kappa shape index (κ1) is 15.3. The number of benzene rings is 1. The lowest BCUT2D eigenvalue weighted by atomic mass is 10.1. The van der Waals surface area contributed by atoms with Gasteiger partial charge in [-0.15, -0.1) is 11.3 Å². The van der Waals surface area contributed by atoms with Crippen LogP contribution in [0.4, 0.5) is 16.5 Å². The Morgan fingerprint density at radius 3 is 2.81 bits per heavy atom. The van der Waals surface area contributed by atoms with Crippen LogP contribution in [0, 0.1) is 0 Å². The van der Waals surface area contributed by atoms with Crippen LogP contribution in [-0.2, 0) is 4.74 Å². The summed E-state index contributed by atoms with van der Waals surface area (Å²) in [6, 6.07) is 5.06.